The van der Waals surface area contributed by atoms with Crippen LogP contribution >= 0.6 is 0 Å². The zero-order valence-electron chi connectivity index (χ0n) is 10.7. The number of hydrogen-bond acceptors (Lipinski definition) is 3. The fourth-order valence-corrected chi connectivity index (χ4v) is 2.82. The fraction of sp³-hybridized carbons (Fsp3) is 0.692. The molecule has 0 aromatic rings. The quantitative estimate of drug-likeness (QED) is 0.683. The van der Waals surface area contributed by atoms with E-state index >= 15 is 0 Å². The fourth-order valence-electron chi connectivity index (χ4n) is 2.82. The zero-order chi connectivity index (χ0) is 13.6. The van der Waals surface area contributed by atoms with Crippen molar-refractivity contribution in [3.05, 3.63) is 12.7 Å². The lowest BCUT2D eigenvalue weighted by molar-refractivity contribution is -0.151. The largest absolute Gasteiger partial charge is 0.364 e. The highest BCUT2D eigenvalue weighted by Crippen LogP contribution is 2.42. The number of nitrogens with zero attached hydrogens (tertiary/aromatic N) is 2. The van der Waals surface area contributed by atoms with E-state index in [1.54, 1.807) is 11.0 Å². The molecular formula is C13H17FN2O3. The van der Waals surface area contributed by atoms with Crippen LogP contribution in [0.4, 0.5) is 4.39 Å². The molecule has 2 aliphatic heterocycles. The van der Waals surface area contributed by atoms with Crippen molar-refractivity contribution < 1.29 is 18.7 Å². The maximum absolute atomic E-state index is 13.8. The summed E-state index contributed by atoms with van der Waals surface area (Å²) in [6.45, 7) is 4.82. The number of rotatable bonds is 3. The molecule has 104 valence electrons. The molecule has 3 fully saturated rings. The van der Waals surface area contributed by atoms with Crippen molar-refractivity contribution in [2.45, 2.75) is 30.7 Å². The molecule has 1 aliphatic carbocycles. The summed E-state index contributed by atoms with van der Waals surface area (Å²) in [5.74, 6) is -0.548. The zero-order valence-corrected chi connectivity index (χ0v) is 10.7. The number of amides is 2. The Hall–Kier alpha value is -1.43. The average molecular weight is 268 g/mol. The molecule has 0 N–H and O–H groups in total. The van der Waals surface area contributed by atoms with Gasteiger partial charge in [-0.15, -0.1) is 6.58 Å². The predicted octanol–water partition coefficient (Wildman–Crippen LogP) is 0.113. The van der Waals surface area contributed by atoms with Crippen molar-refractivity contribution in [2.75, 3.05) is 26.2 Å². The van der Waals surface area contributed by atoms with Crippen LogP contribution in [-0.4, -0.2) is 65.7 Å². The number of carbonyl (C=O) groups is 2. The number of carbonyl (C=O) groups excluding carboxylic acids is 2. The molecule has 0 unspecified atom stereocenters. The van der Waals surface area contributed by atoms with E-state index in [2.05, 4.69) is 6.58 Å². The molecule has 0 aromatic carbocycles. The molecule has 0 radical (unpaired) electrons. The molecule has 2 atom stereocenters. The van der Waals surface area contributed by atoms with Crippen LogP contribution in [0.15, 0.2) is 12.7 Å². The number of morpholine rings is 1. The van der Waals surface area contributed by atoms with E-state index in [0.29, 0.717) is 32.5 Å². The number of halogens is 1. The molecule has 6 heteroatoms. The molecule has 3 rings (SSSR count). The van der Waals surface area contributed by atoms with Gasteiger partial charge in [0.15, 0.2) is 5.67 Å². The summed E-state index contributed by atoms with van der Waals surface area (Å²) in [5, 5.41) is 0. The van der Waals surface area contributed by atoms with Gasteiger partial charge in [0.1, 0.15) is 6.61 Å². The van der Waals surface area contributed by atoms with Gasteiger partial charge in [-0.1, -0.05) is 6.08 Å². The highest BCUT2D eigenvalue weighted by atomic mass is 19.1. The van der Waals surface area contributed by atoms with Gasteiger partial charge in [0.25, 0.3) is 5.91 Å². The van der Waals surface area contributed by atoms with Crippen molar-refractivity contribution in [3.8, 4) is 0 Å². The molecule has 0 spiro atoms. The maximum atomic E-state index is 13.8. The van der Waals surface area contributed by atoms with Crippen LogP contribution in [-0.2, 0) is 14.3 Å². The monoisotopic (exact) mass is 268 g/mol. The molecule has 19 heavy (non-hydrogen) atoms. The van der Waals surface area contributed by atoms with E-state index < -0.39 is 11.6 Å². The normalized spacial score (nSPS) is 32.2. The lowest BCUT2D eigenvalue weighted by atomic mass is 10.1. The SMILES string of the molecule is C=CCN1C(=O)CO[C@@H]2CN(C(=O)C3(F)CC3)C[C@H]21. The molecule has 2 heterocycles. The lowest BCUT2D eigenvalue weighted by Gasteiger charge is -2.35. The number of hydrogen-bond donors (Lipinski definition) is 0. The summed E-state index contributed by atoms with van der Waals surface area (Å²) in [6, 6.07) is -0.175. The molecule has 1 saturated carbocycles. The second-order valence-corrected chi connectivity index (χ2v) is 5.43. The van der Waals surface area contributed by atoms with E-state index in [1.807, 2.05) is 0 Å². The summed E-state index contributed by atoms with van der Waals surface area (Å²) in [5.41, 5.74) is -1.65. The van der Waals surface area contributed by atoms with Gasteiger partial charge in [0, 0.05) is 19.6 Å². The Kier molecular flexibility index (Phi) is 2.85. The molecule has 0 bridgehead atoms. The number of ether oxygens (including phenoxy) is 1. The Morgan fingerprint density at radius 3 is 2.89 bits per heavy atom. The smallest absolute Gasteiger partial charge is 0.260 e. The van der Waals surface area contributed by atoms with Crippen molar-refractivity contribution in [2.24, 2.45) is 0 Å². The molecule has 0 aromatic heterocycles. The Bertz CT molecular complexity index is 436. The van der Waals surface area contributed by atoms with Crippen LogP contribution in [0.3, 0.4) is 0 Å². The van der Waals surface area contributed by atoms with Crippen LogP contribution < -0.4 is 0 Å². The number of alkyl halides is 1. The summed E-state index contributed by atoms with van der Waals surface area (Å²) >= 11 is 0. The van der Waals surface area contributed by atoms with Crippen LogP contribution in [0.5, 0.6) is 0 Å². The van der Waals surface area contributed by atoms with E-state index in [9.17, 15) is 14.0 Å². The Morgan fingerprint density at radius 1 is 1.53 bits per heavy atom. The first-order chi connectivity index (χ1) is 9.05. The van der Waals surface area contributed by atoms with E-state index in [4.69, 9.17) is 4.74 Å². The van der Waals surface area contributed by atoms with Crippen molar-refractivity contribution in [3.63, 3.8) is 0 Å². The van der Waals surface area contributed by atoms with Gasteiger partial charge in [-0.2, -0.15) is 0 Å². The van der Waals surface area contributed by atoms with Gasteiger partial charge in [0.2, 0.25) is 5.91 Å². The minimum Gasteiger partial charge on any atom is -0.364 e. The Morgan fingerprint density at radius 2 is 2.26 bits per heavy atom. The molecule has 2 amide bonds. The second-order valence-electron chi connectivity index (χ2n) is 5.43. The second kappa shape index (κ2) is 4.30. The van der Waals surface area contributed by atoms with Gasteiger partial charge in [-0.25, -0.2) is 4.39 Å². The van der Waals surface area contributed by atoms with Crippen LogP contribution in [0.25, 0.3) is 0 Å². The number of fused-ring (bicyclic) bond motifs is 1. The van der Waals surface area contributed by atoms with Crippen molar-refractivity contribution >= 4 is 11.8 Å². The molecule has 3 aliphatic rings. The Balaban J connectivity index is 1.73. The summed E-state index contributed by atoms with van der Waals surface area (Å²) in [4.78, 5) is 26.9. The van der Waals surface area contributed by atoms with E-state index in [-0.39, 0.29) is 24.7 Å². The van der Waals surface area contributed by atoms with Crippen molar-refractivity contribution in [1.29, 1.82) is 0 Å². The first kappa shape index (κ1) is 12.6. The molecule has 5 nitrogen and oxygen atoms in total. The van der Waals surface area contributed by atoms with Gasteiger partial charge < -0.3 is 14.5 Å². The minimum absolute atomic E-state index is 0.0256. The number of likely N-dealkylation sites (tertiary alicyclic amines) is 1. The average Bonchev–Trinajstić information content (AvgIpc) is 3.00. The minimum atomic E-state index is -1.65. The van der Waals surface area contributed by atoms with Gasteiger partial charge in [-0.05, 0) is 12.8 Å². The summed E-state index contributed by atoms with van der Waals surface area (Å²) in [7, 11) is 0. The highest BCUT2D eigenvalue weighted by molar-refractivity contribution is 5.88. The first-order valence-corrected chi connectivity index (χ1v) is 6.55. The van der Waals surface area contributed by atoms with Gasteiger partial charge >= 0.3 is 0 Å². The highest BCUT2D eigenvalue weighted by Gasteiger charge is 2.55. The van der Waals surface area contributed by atoms with Crippen LogP contribution in [0.1, 0.15) is 12.8 Å². The predicted molar refractivity (Wildman–Crippen MR) is 65.1 cm³/mol. The van der Waals surface area contributed by atoms with Gasteiger partial charge in [-0.3, -0.25) is 9.59 Å². The third-order valence-electron chi connectivity index (χ3n) is 4.06. The molecular weight excluding hydrogens is 251 g/mol. The van der Waals surface area contributed by atoms with E-state index in [0.717, 1.165) is 0 Å². The van der Waals surface area contributed by atoms with Crippen LogP contribution in [0.2, 0.25) is 0 Å². The molecule has 2 saturated heterocycles. The third kappa shape index (κ3) is 2.04. The standard InChI is InChI=1S/C13H17FN2O3/c1-2-5-16-9-6-15(12(18)13(14)3-4-13)7-10(9)19-8-11(16)17/h2,9-10H,1,3-8H2/t9-,10-/m1/s1. The Labute approximate surface area is 111 Å². The lowest BCUT2D eigenvalue weighted by Crippen LogP contribution is -2.54. The maximum Gasteiger partial charge on any atom is 0.260 e. The van der Waals surface area contributed by atoms with Gasteiger partial charge in [0.05, 0.1) is 12.1 Å². The third-order valence-corrected chi connectivity index (χ3v) is 4.06. The topological polar surface area (TPSA) is 49.9 Å². The van der Waals surface area contributed by atoms with Crippen LogP contribution in [0, 0.1) is 0 Å². The summed E-state index contributed by atoms with van der Waals surface area (Å²) < 4.78 is 19.3. The summed E-state index contributed by atoms with van der Waals surface area (Å²) in [6.07, 6.45) is 2.08. The first-order valence-electron chi connectivity index (χ1n) is 6.55. The van der Waals surface area contributed by atoms with Crippen molar-refractivity contribution in [1.82, 2.24) is 9.80 Å². The van der Waals surface area contributed by atoms with E-state index in [1.165, 1.54) is 4.90 Å².